The second-order valence-electron chi connectivity index (χ2n) is 2.67. The van der Waals surface area contributed by atoms with Gasteiger partial charge in [0.15, 0.2) is 0 Å². The third-order valence-electron chi connectivity index (χ3n) is 1.64. The Bertz CT molecular complexity index is 101. The average molecular weight is 109 g/mol. The van der Waals surface area contributed by atoms with Crippen molar-refractivity contribution in [3.63, 3.8) is 0 Å². The van der Waals surface area contributed by atoms with Crippen molar-refractivity contribution in [1.82, 2.24) is 0 Å². The third kappa shape index (κ3) is 1.36. The summed E-state index contributed by atoms with van der Waals surface area (Å²) in [5, 5.41) is 0. The summed E-state index contributed by atoms with van der Waals surface area (Å²) >= 11 is 0. The van der Waals surface area contributed by atoms with Crippen LogP contribution in [0.3, 0.4) is 0 Å². The molecule has 1 atom stereocenters. The van der Waals surface area contributed by atoms with Crippen LogP contribution in [0.2, 0.25) is 0 Å². The maximum Gasteiger partial charge on any atom is -0.0140 e. The van der Waals surface area contributed by atoms with Gasteiger partial charge in [-0.25, -0.2) is 0 Å². The molecule has 8 heavy (non-hydrogen) atoms. The van der Waals surface area contributed by atoms with Crippen LogP contribution in [-0.4, -0.2) is 0 Å². The summed E-state index contributed by atoms with van der Waals surface area (Å²) < 4.78 is 0. The number of hydrogen-bond donors (Lipinski definition) is 0. The lowest BCUT2D eigenvalue weighted by molar-refractivity contribution is 0.618. The molecule has 1 aliphatic rings. The molecule has 1 rings (SSSR count). The largest absolute Gasteiger partial charge is 0.0825 e. The predicted molar refractivity (Wildman–Crippen MR) is 36.5 cm³/mol. The second-order valence-corrected chi connectivity index (χ2v) is 2.67. The molecule has 45 valence electrons. The highest BCUT2D eigenvalue weighted by molar-refractivity contribution is 5.14. The maximum atomic E-state index is 2.34. The lowest BCUT2D eigenvalue weighted by Gasteiger charge is -2.13. The van der Waals surface area contributed by atoms with Gasteiger partial charge in [-0.3, -0.25) is 0 Å². The van der Waals surface area contributed by atoms with Crippen LogP contribution in [-0.2, 0) is 0 Å². The monoisotopic (exact) mass is 109 g/mol. The van der Waals surface area contributed by atoms with Crippen molar-refractivity contribution in [3.05, 3.63) is 18.1 Å². The molecule has 0 aromatic rings. The maximum absolute atomic E-state index is 2.34. The quantitative estimate of drug-likeness (QED) is 0.448. The summed E-state index contributed by atoms with van der Waals surface area (Å²) in [5.74, 6) is 0.819. The van der Waals surface area contributed by atoms with Gasteiger partial charge in [0.1, 0.15) is 0 Å². The predicted octanol–water partition coefficient (Wildman–Crippen LogP) is 2.57. The summed E-state index contributed by atoms with van der Waals surface area (Å²) in [6.45, 7) is 4.45. The number of rotatable bonds is 0. The van der Waals surface area contributed by atoms with Gasteiger partial charge >= 0.3 is 0 Å². The van der Waals surface area contributed by atoms with Gasteiger partial charge in [0.2, 0.25) is 0 Å². The van der Waals surface area contributed by atoms with Gasteiger partial charge in [-0.2, -0.15) is 0 Å². The van der Waals surface area contributed by atoms with Gasteiger partial charge in [0, 0.05) is 0 Å². The van der Waals surface area contributed by atoms with E-state index in [9.17, 15) is 0 Å². The van der Waals surface area contributed by atoms with Crippen molar-refractivity contribution in [2.45, 2.75) is 26.7 Å². The first-order valence-electron chi connectivity index (χ1n) is 3.30. The van der Waals surface area contributed by atoms with Crippen LogP contribution >= 0.6 is 0 Å². The van der Waals surface area contributed by atoms with Crippen molar-refractivity contribution >= 4 is 0 Å². The standard InChI is InChI=1S/C8H13/c1-7-4-3-5-8(2)6-7/h4,6,8H,3,5H2,1-2H3. The Balaban J connectivity index is 2.50. The molecule has 1 unspecified atom stereocenters. The van der Waals surface area contributed by atoms with E-state index in [1.807, 2.05) is 0 Å². The van der Waals surface area contributed by atoms with Crippen molar-refractivity contribution in [3.8, 4) is 0 Å². The van der Waals surface area contributed by atoms with Gasteiger partial charge in [0.25, 0.3) is 0 Å². The van der Waals surface area contributed by atoms with E-state index >= 15 is 0 Å². The smallest absolute Gasteiger partial charge is 0.0140 e. The van der Waals surface area contributed by atoms with E-state index in [0.717, 1.165) is 5.92 Å². The lowest BCUT2D eigenvalue weighted by Crippen LogP contribution is -1.98. The van der Waals surface area contributed by atoms with E-state index in [4.69, 9.17) is 0 Å². The molecule has 0 amide bonds. The van der Waals surface area contributed by atoms with E-state index in [1.165, 1.54) is 18.4 Å². The Morgan fingerprint density at radius 2 is 2.38 bits per heavy atom. The fraction of sp³-hybridized carbons (Fsp3) is 0.625. The van der Waals surface area contributed by atoms with Gasteiger partial charge in [0.05, 0.1) is 0 Å². The molecule has 0 fully saturated rings. The van der Waals surface area contributed by atoms with Gasteiger partial charge in [-0.15, -0.1) is 0 Å². The minimum absolute atomic E-state index is 0.819. The van der Waals surface area contributed by atoms with Crippen molar-refractivity contribution in [1.29, 1.82) is 0 Å². The second kappa shape index (κ2) is 2.34. The molecule has 0 aromatic heterocycles. The van der Waals surface area contributed by atoms with Gasteiger partial charge < -0.3 is 0 Å². The Hall–Kier alpha value is -0.260. The molecule has 0 nitrogen and oxygen atoms in total. The number of allylic oxidation sites excluding steroid dienone is 2. The Morgan fingerprint density at radius 3 is 2.75 bits per heavy atom. The summed E-state index contributed by atoms with van der Waals surface area (Å²) in [4.78, 5) is 0. The van der Waals surface area contributed by atoms with E-state index in [1.54, 1.807) is 0 Å². The van der Waals surface area contributed by atoms with Crippen LogP contribution in [0.1, 0.15) is 26.7 Å². The highest BCUT2D eigenvalue weighted by Gasteiger charge is 2.04. The normalized spacial score (nSPS) is 29.8. The van der Waals surface area contributed by atoms with Gasteiger partial charge in [-0.1, -0.05) is 18.6 Å². The fourth-order valence-electron chi connectivity index (χ4n) is 1.17. The van der Waals surface area contributed by atoms with Gasteiger partial charge in [-0.05, 0) is 32.1 Å². The molecule has 1 radical (unpaired) electrons. The summed E-state index contributed by atoms with van der Waals surface area (Å²) in [6, 6.07) is 0. The van der Waals surface area contributed by atoms with Crippen LogP contribution in [0.25, 0.3) is 0 Å². The highest BCUT2D eigenvalue weighted by atomic mass is 14.1. The van der Waals surface area contributed by atoms with Crippen LogP contribution < -0.4 is 0 Å². The fourth-order valence-corrected chi connectivity index (χ4v) is 1.17. The Labute approximate surface area is 51.6 Å². The first-order chi connectivity index (χ1) is 3.79. The molecule has 0 aromatic carbocycles. The van der Waals surface area contributed by atoms with Crippen molar-refractivity contribution < 1.29 is 0 Å². The van der Waals surface area contributed by atoms with E-state index in [0.29, 0.717) is 0 Å². The molecule has 0 saturated carbocycles. The van der Waals surface area contributed by atoms with Crippen LogP contribution in [0.4, 0.5) is 0 Å². The third-order valence-corrected chi connectivity index (χ3v) is 1.64. The molecule has 0 aliphatic heterocycles. The lowest BCUT2D eigenvalue weighted by atomic mass is 9.93. The zero-order chi connectivity index (χ0) is 5.98. The Morgan fingerprint density at radius 1 is 1.62 bits per heavy atom. The summed E-state index contributed by atoms with van der Waals surface area (Å²) in [6.07, 6.45) is 7.27. The zero-order valence-electron chi connectivity index (χ0n) is 5.65. The van der Waals surface area contributed by atoms with Crippen molar-refractivity contribution in [2.75, 3.05) is 0 Å². The minimum atomic E-state index is 0.819. The highest BCUT2D eigenvalue weighted by Crippen LogP contribution is 2.20. The Kier molecular flexibility index (Phi) is 1.72. The topological polar surface area (TPSA) is 0 Å². The van der Waals surface area contributed by atoms with E-state index < -0.39 is 0 Å². The molecule has 1 aliphatic carbocycles. The molecular formula is C8H13. The zero-order valence-corrected chi connectivity index (χ0v) is 5.65. The van der Waals surface area contributed by atoms with E-state index in [2.05, 4.69) is 26.3 Å². The van der Waals surface area contributed by atoms with Crippen LogP contribution in [0, 0.1) is 12.3 Å². The van der Waals surface area contributed by atoms with Crippen LogP contribution in [0.15, 0.2) is 11.6 Å². The molecule has 0 spiro atoms. The van der Waals surface area contributed by atoms with E-state index in [-0.39, 0.29) is 0 Å². The van der Waals surface area contributed by atoms with Crippen LogP contribution in [0.5, 0.6) is 0 Å². The molecule has 0 heterocycles. The SMILES string of the molecule is CC1=CC(C)CC[CH]1. The number of hydrogen-bond acceptors (Lipinski definition) is 0. The molecule has 0 saturated heterocycles. The first-order valence-corrected chi connectivity index (χ1v) is 3.30. The van der Waals surface area contributed by atoms with Crippen molar-refractivity contribution in [2.24, 2.45) is 5.92 Å². The first kappa shape index (κ1) is 5.87. The molecular weight excluding hydrogens is 96.1 g/mol. The average Bonchev–Trinajstić information content (AvgIpc) is 1.64. The summed E-state index contributed by atoms with van der Waals surface area (Å²) in [7, 11) is 0. The molecule has 0 heteroatoms. The molecule has 0 bridgehead atoms. The summed E-state index contributed by atoms with van der Waals surface area (Å²) in [5.41, 5.74) is 1.46. The molecule has 0 N–H and O–H groups in total. The minimum Gasteiger partial charge on any atom is -0.0825 e.